The van der Waals surface area contributed by atoms with Gasteiger partial charge in [0.05, 0.1) is 36.9 Å². The number of hydrogen-bond acceptors (Lipinski definition) is 6. The summed E-state index contributed by atoms with van der Waals surface area (Å²) in [5.74, 6) is -0.321. The Balaban J connectivity index is 1.44. The Morgan fingerprint density at radius 3 is 2.70 bits per heavy atom. The number of Topliss-reactive ketones (excluding diaryl/α,β-unsaturated/α-hetero) is 1. The maximum Gasteiger partial charge on any atom is 0.434 e. The molecule has 30 heavy (non-hydrogen) atoms. The van der Waals surface area contributed by atoms with Gasteiger partial charge in [-0.2, -0.15) is 18.3 Å². The first-order valence-electron chi connectivity index (χ1n) is 9.29. The van der Waals surface area contributed by atoms with Crippen molar-refractivity contribution in [2.75, 3.05) is 19.7 Å². The minimum atomic E-state index is -4.61. The van der Waals surface area contributed by atoms with Gasteiger partial charge in [-0.05, 0) is 11.1 Å². The van der Waals surface area contributed by atoms with E-state index in [1.807, 2.05) is 24.3 Å². The van der Waals surface area contributed by atoms with Crippen molar-refractivity contribution in [1.29, 1.82) is 0 Å². The van der Waals surface area contributed by atoms with Crippen molar-refractivity contribution >= 4 is 5.78 Å². The third-order valence-corrected chi connectivity index (χ3v) is 4.70. The van der Waals surface area contributed by atoms with E-state index in [0.717, 1.165) is 35.1 Å². The zero-order valence-corrected chi connectivity index (χ0v) is 15.8. The van der Waals surface area contributed by atoms with E-state index in [-0.39, 0.29) is 29.7 Å². The Labute approximate surface area is 169 Å². The van der Waals surface area contributed by atoms with Crippen LogP contribution in [0.25, 0.3) is 5.82 Å². The summed E-state index contributed by atoms with van der Waals surface area (Å²) in [6, 6.07) is 7.60. The zero-order valence-electron chi connectivity index (χ0n) is 15.8. The van der Waals surface area contributed by atoms with Crippen molar-refractivity contribution in [2.45, 2.75) is 18.7 Å². The number of rotatable bonds is 5. The molecule has 3 aromatic rings. The Bertz CT molecular complexity index is 1030. The summed E-state index contributed by atoms with van der Waals surface area (Å²) in [5.41, 5.74) is 1.01. The summed E-state index contributed by atoms with van der Waals surface area (Å²) in [4.78, 5) is 19.6. The topological polar surface area (TPSA) is 81.9 Å². The van der Waals surface area contributed by atoms with Gasteiger partial charge in [-0.15, -0.1) is 0 Å². The Kier molecular flexibility index (Phi) is 5.60. The van der Waals surface area contributed by atoms with Gasteiger partial charge in [0.15, 0.2) is 17.3 Å². The number of benzene rings is 1. The molecule has 0 amide bonds. The molecule has 156 valence electrons. The summed E-state index contributed by atoms with van der Waals surface area (Å²) in [6.45, 7) is 2.24. The van der Waals surface area contributed by atoms with E-state index in [2.05, 4.69) is 20.4 Å². The lowest BCUT2D eigenvalue weighted by molar-refractivity contribution is -0.141. The van der Waals surface area contributed by atoms with Crippen LogP contribution in [0.5, 0.6) is 0 Å². The summed E-state index contributed by atoms with van der Waals surface area (Å²) < 4.78 is 45.2. The van der Waals surface area contributed by atoms with Crippen molar-refractivity contribution in [2.24, 2.45) is 0 Å². The molecule has 0 bridgehead atoms. The molecule has 7 nitrogen and oxygen atoms in total. The fraction of sp³-hybridized carbons (Fsp3) is 0.300. The molecule has 1 atom stereocenters. The maximum absolute atomic E-state index is 12.8. The molecule has 4 rings (SSSR count). The largest absolute Gasteiger partial charge is 0.434 e. The van der Waals surface area contributed by atoms with Gasteiger partial charge in [-0.25, -0.2) is 9.67 Å². The second-order valence-corrected chi connectivity index (χ2v) is 6.84. The first kappa shape index (κ1) is 20.2. The number of morpholine rings is 1. The molecule has 0 saturated carbocycles. The number of carbonyl (C=O) groups is 1. The van der Waals surface area contributed by atoms with Crippen LogP contribution in [0, 0.1) is 0 Å². The van der Waals surface area contributed by atoms with Gasteiger partial charge in [0.2, 0.25) is 0 Å². The van der Waals surface area contributed by atoms with Crippen LogP contribution in [0.1, 0.15) is 33.3 Å². The number of nitrogens with one attached hydrogen (secondary N) is 1. The highest BCUT2D eigenvalue weighted by Gasteiger charge is 2.33. The minimum absolute atomic E-state index is 0.00435. The predicted molar refractivity (Wildman–Crippen MR) is 100 cm³/mol. The van der Waals surface area contributed by atoms with Crippen LogP contribution in [0.15, 0.2) is 49.1 Å². The maximum atomic E-state index is 12.8. The highest BCUT2D eigenvalue weighted by Crippen LogP contribution is 2.27. The quantitative estimate of drug-likeness (QED) is 0.643. The molecule has 1 saturated heterocycles. The third-order valence-electron chi connectivity index (χ3n) is 4.70. The van der Waals surface area contributed by atoms with Gasteiger partial charge in [0.25, 0.3) is 0 Å². The lowest BCUT2D eigenvalue weighted by Gasteiger charge is -2.24. The molecule has 10 heteroatoms. The number of halogens is 3. The van der Waals surface area contributed by atoms with Crippen LogP contribution in [-0.2, 0) is 17.3 Å². The smallest absolute Gasteiger partial charge is 0.371 e. The molecule has 0 radical (unpaired) electrons. The Morgan fingerprint density at radius 2 is 2.00 bits per heavy atom. The van der Waals surface area contributed by atoms with Crippen LogP contribution in [0.2, 0.25) is 0 Å². The molecular formula is C20H18F3N5O2. The number of aromatic nitrogens is 4. The van der Waals surface area contributed by atoms with Crippen LogP contribution >= 0.6 is 0 Å². The highest BCUT2D eigenvalue weighted by molar-refractivity contribution is 5.97. The lowest BCUT2D eigenvalue weighted by atomic mass is 10.0. The first-order valence-corrected chi connectivity index (χ1v) is 9.29. The van der Waals surface area contributed by atoms with Gasteiger partial charge in [0.1, 0.15) is 0 Å². The molecule has 0 spiro atoms. The first-order chi connectivity index (χ1) is 14.4. The molecule has 1 aliphatic rings. The number of carbonyl (C=O) groups excluding carboxylic acids is 1. The van der Waals surface area contributed by atoms with E-state index in [1.54, 1.807) is 0 Å². The fourth-order valence-electron chi connectivity index (χ4n) is 3.11. The average molecular weight is 417 g/mol. The molecule has 0 unspecified atom stereocenters. The molecule has 1 aromatic carbocycles. The summed E-state index contributed by atoms with van der Waals surface area (Å²) in [6.07, 6.45) is -0.0313. The Hall–Kier alpha value is -3.11. The standard InChI is InChI=1S/C20H18F3N5O2/c21-20(22,23)18-10-25-11-19(27-18)28-12-15(8-26-28)16(29)7-13-1-3-14(4-2-13)17-9-24-5-6-30-17/h1-4,8,10-12,17,24H,5-7,9H2/t17-/m1/s1. The fourth-order valence-corrected chi connectivity index (χ4v) is 3.11. The van der Waals surface area contributed by atoms with Crippen molar-refractivity contribution in [3.05, 3.63) is 71.4 Å². The summed E-state index contributed by atoms with van der Waals surface area (Å²) in [5, 5.41) is 7.22. The van der Waals surface area contributed by atoms with Crippen LogP contribution in [-0.4, -0.2) is 45.2 Å². The number of ether oxygens (including phenoxy) is 1. The van der Waals surface area contributed by atoms with E-state index < -0.39 is 11.9 Å². The second kappa shape index (κ2) is 8.33. The predicted octanol–water partition coefficient (Wildman–Crippen LogP) is 2.77. The summed E-state index contributed by atoms with van der Waals surface area (Å²) >= 11 is 0. The molecule has 1 N–H and O–H groups in total. The van der Waals surface area contributed by atoms with Crippen LogP contribution in [0.4, 0.5) is 13.2 Å². The van der Waals surface area contributed by atoms with E-state index in [0.29, 0.717) is 12.8 Å². The van der Waals surface area contributed by atoms with E-state index >= 15 is 0 Å². The third kappa shape index (κ3) is 4.55. The number of nitrogens with zero attached hydrogens (tertiary/aromatic N) is 4. The molecule has 0 aliphatic carbocycles. The highest BCUT2D eigenvalue weighted by atomic mass is 19.4. The van der Waals surface area contributed by atoms with Crippen LogP contribution in [0.3, 0.4) is 0 Å². The normalized spacial score (nSPS) is 17.1. The van der Waals surface area contributed by atoms with Gasteiger partial charge in [-0.3, -0.25) is 9.78 Å². The van der Waals surface area contributed by atoms with Crippen molar-refractivity contribution < 1.29 is 22.7 Å². The van der Waals surface area contributed by atoms with Crippen LogP contribution < -0.4 is 5.32 Å². The van der Waals surface area contributed by atoms with Gasteiger partial charge < -0.3 is 10.1 Å². The van der Waals surface area contributed by atoms with E-state index in [9.17, 15) is 18.0 Å². The van der Waals surface area contributed by atoms with E-state index in [4.69, 9.17) is 4.74 Å². The zero-order chi connectivity index (χ0) is 21.1. The SMILES string of the molecule is O=C(Cc1ccc([C@H]2CNCCO2)cc1)c1cnn(-c2cncc(C(F)(F)F)n2)c1. The number of alkyl halides is 3. The second-order valence-electron chi connectivity index (χ2n) is 6.84. The Morgan fingerprint density at radius 1 is 1.20 bits per heavy atom. The van der Waals surface area contributed by atoms with E-state index in [1.165, 1.54) is 12.4 Å². The molecule has 2 aromatic heterocycles. The summed E-state index contributed by atoms with van der Waals surface area (Å²) in [7, 11) is 0. The minimum Gasteiger partial charge on any atom is -0.371 e. The molecular weight excluding hydrogens is 399 g/mol. The average Bonchev–Trinajstić information content (AvgIpc) is 3.25. The lowest BCUT2D eigenvalue weighted by Crippen LogP contribution is -2.33. The van der Waals surface area contributed by atoms with Gasteiger partial charge in [-0.1, -0.05) is 24.3 Å². The van der Waals surface area contributed by atoms with Crippen molar-refractivity contribution in [3.63, 3.8) is 0 Å². The monoisotopic (exact) mass is 417 g/mol. The number of hydrogen-bond donors (Lipinski definition) is 1. The van der Waals surface area contributed by atoms with Gasteiger partial charge in [0, 0.05) is 25.7 Å². The number of ketones is 1. The van der Waals surface area contributed by atoms with Gasteiger partial charge >= 0.3 is 6.18 Å². The molecule has 3 heterocycles. The van der Waals surface area contributed by atoms with Crippen molar-refractivity contribution in [3.8, 4) is 5.82 Å². The van der Waals surface area contributed by atoms with Crippen molar-refractivity contribution in [1.82, 2.24) is 25.1 Å². The molecule has 1 aliphatic heterocycles. The molecule has 1 fully saturated rings.